The van der Waals surface area contributed by atoms with Crippen molar-refractivity contribution in [2.24, 2.45) is 5.92 Å². The Morgan fingerprint density at radius 3 is 2.47 bits per heavy atom. The zero-order valence-electron chi connectivity index (χ0n) is 17.0. The number of fused-ring (bicyclic) bond motifs is 1. The molecule has 7 nitrogen and oxygen atoms in total. The highest BCUT2D eigenvalue weighted by Gasteiger charge is 2.25. The Bertz CT molecular complexity index is 1010. The van der Waals surface area contributed by atoms with Crippen LogP contribution in [0.2, 0.25) is 0 Å². The predicted molar refractivity (Wildman–Crippen MR) is 115 cm³/mol. The molecule has 0 radical (unpaired) electrons. The Hall–Kier alpha value is -2.58. The number of carbonyl (C=O) groups is 1. The molecule has 1 saturated heterocycles. The molecule has 4 rings (SSSR count). The summed E-state index contributed by atoms with van der Waals surface area (Å²) in [5.41, 5.74) is 2.32. The lowest BCUT2D eigenvalue weighted by atomic mass is 9.88. The monoisotopic (exact) mass is 430 g/mol. The zero-order valence-corrected chi connectivity index (χ0v) is 17.8. The number of hydrogen-bond acceptors (Lipinski definition) is 6. The van der Waals surface area contributed by atoms with Crippen LogP contribution in [0, 0.1) is 5.92 Å². The van der Waals surface area contributed by atoms with Crippen LogP contribution < -0.4 is 14.2 Å². The van der Waals surface area contributed by atoms with Gasteiger partial charge in [0.2, 0.25) is 16.8 Å². The quantitative estimate of drug-likeness (QED) is 0.680. The Balaban J connectivity index is 1.26. The van der Waals surface area contributed by atoms with Crippen molar-refractivity contribution in [1.29, 1.82) is 0 Å². The number of likely N-dealkylation sites (tertiary alicyclic amines) is 1. The van der Waals surface area contributed by atoms with Gasteiger partial charge >= 0.3 is 0 Å². The second-order valence-corrected chi connectivity index (χ2v) is 9.62. The minimum absolute atomic E-state index is 0.0144. The first-order valence-corrected chi connectivity index (χ1v) is 12.0. The van der Waals surface area contributed by atoms with E-state index in [1.54, 1.807) is 24.3 Å². The number of benzene rings is 2. The Labute approximate surface area is 177 Å². The van der Waals surface area contributed by atoms with E-state index >= 15 is 0 Å². The van der Waals surface area contributed by atoms with E-state index in [4.69, 9.17) is 9.47 Å². The Morgan fingerprint density at radius 1 is 1.07 bits per heavy atom. The number of nitrogens with zero attached hydrogens (tertiary/aromatic N) is 1. The van der Waals surface area contributed by atoms with Gasteiger partial charge in [0, 0.05) is 23.7 Å². The molecule has 1 fully saturated rings. The van der Waals surface area contributed by atoms with Crippen LogP contribution in [-0.4, -0.2) is 51.8 Å². The van der Waals surface area contributed by atoms with Gasteiger partial charge in [-0.1, -0.05) is 6.07 Å². The number of hydrogen-bond donors (Lipinski definition) is 1. The first-order chi connectivity index (χ1) is 14.4. The van der Waals surface area contributed by atoms with E-state index in [9.17, 15) is 13.2 Å². The summed E-state index contributed by atoms with van der Waals surface area (Å²) < 4.78 is 35.8. The van der Waals surface area contributed by atoms with Gasteiger partial charge in [0.25, 0.3) is 0 Å². The van der Waals surface area contributed by atoms with E-state index in [1.807, 2.05) is 12.1 Å². The average Bonchev–Trinajstić information content (AvgIpc) is 3.19. The van der Waals surface area contributed by atoms with Crippen LogP contribution in [0.5, 0.6) is 11.5 Å². The molecule has 2 aromatic carbocycles. The zero-order chi connectivity index (χ0) is 21.1. The number of nitrogens with one attached hydrogen (secondary N) is 1. The van der Waals surface area contributed by atoms with Crippen LogP contribution in [-0.2, 0) is 16.4 Å². The van der Waals surface area contributed by atoms with E-state index in [0.29, 0.717) is 11.3 Å². The molecule has 0 unspecified atom stereocenters. The van der Waals surface area contributed by atoms with Gasteiger partial charge in [0.1, 0.15) is 0 Å². The molecule has 2 aromatic rings. The lowest BCUT2D eigenvalue weighted by Gasteiger charge is -2.31. The third-order valence-electron chi connectivity index (χ3n) is 5.58. The maximum atomic E-state index is 12.8. The SMILES string of the molecule is CS(=O)(=O)Nc1ccc(C(=O)C2CCN(CCc3ccc4c(c3)OCO4)CC2)cc1. The van der Waals surface area contributed by atoms with Crippen molar-refractivity contribution in [3.63, 3.8) is 0 Å². The van der Waals surface area contributed by atoms with Gasteiger partial charge in [0.15, 0.2) is 17.3 Å². The summed E-state index contributed by atoms with van der Waals surface area (Å²) in [6.07, 6.45) is 3.71. The van der Waals surface area contributed by atoms with Crippen LogP contribution in [0.4, 0.5) is 5.69 Å². The van der Waals surface area contributed by atoms with Crippen LogP contribution in [0.15, 0.2) is 42.5 Å². The number of piperidine rings is 1. The highest BCUT2D eigenvalue weighted by atomic mass is 32.2. The number of carbonyl (C=O) groups excluding carboxylic acids is 1. The second-order valence-electron chi connectivity index (χ2n) is 7.87. The lowest BCUT2D eigenvalue weighted by Crippen LogP contribution is -2.37. The fourth-order valence-electron chi connectivity index (χ4n) is 3.95. The summed E-state index contributed by atoms with van der Waals surface area (Å²) in [5, 5.41) is 0. The molecular formula is C22H26N2O5S. The largest absolute Gasteiger partial charge is 0.454 e. The predicted octanol–water partition coefficient (Wildman–Crippen LogP) is 2.92. The van der Waals surface area contributed by atoms with Gasteiger partial charge in [-0.25, -0.2) is 8.42 Å². The summed E-state index contributed by atoms with van der Waals surface area (Å²) >= 11 is 0. The number of ketones is 1. The van der Waals surface area contributed by atoms with Gasteiger partial charge in [-0.15, -0.1) is 0 Å². The minimum atomic E-state index is -3.32. The van der Waals surface area contributed by atoms with Crippen LogP contribution in [0.25, 0.3) is 0 Å². The molecule has 2 aliphatic heterocycles. The summed E-state index contributed by atoms with van der Waals surface area (Å²) in [7, 11) is -3.32. The summed E-state index contributed by atoms with van der Waals surface area (Å²) in [6, 6.07) is 12.7. The van der Waals surface area contributed by atoms with Crippen molar-refractivity contribution in [3.8, 4) is 11.5 Å². The van der Waals surface area contributed by atoms with Crippen LogP contribution in [0.3, 0.4) is 0 Å². The number of ether oxygens (including phenoxy) is 2. The Kier molecular flexibility index (Phi) is 5.97. The van der Waals surface area contributed by atoms with Crippen molar-refractivity contribution >= 4 is 21.5 Å². The molecule has 0 aromatic heterocycles. The molecular weight excluding hydrogens is 404 g/mol. The standard InChI is InChI=1S/C22H26N2O5S/c1-30(26,27)23-19-5-3-17(4-6-19)22(25)18-9-12-24(13-10-18)11-8-16-2-7-20-21(14-16)29-15-28-20/h2-7,14,18,23H,8-13,15H2,1H3. The second kappa shape index (κ2) is 8.65. The van der Waals surface area contributed by atoms with Crippen molar-refractivity contribution < 1.29 is 22.7 Å². The highest BCUT2D eigenvalue weighted by Crippen LogP contribution is 2.32. The third kappa shape index (κ3) is 5.12. The fraction of sp³-hybridized carbons (Fsp3) is 0.409. The average molecular weight is 431 g/mol. The van der Waals surface area contributed by atoms with E-state index < -0.39 is 10.0 Å². The number of rotatable bonds is 7. The molecule has 0 saturated carbocycles. The van der Waals surface area contributed by atoms with Crippen molar-refractivity contribution in [2.75, 3.05) is 37.4 Å². The van der Waals surface area contributed by atoms with Gasteiger partial charge in [-0.2, -0.15) is 0 Å². The number of sulfonamides is 1. The van der Waals surface area contributed by atoms with Gasteiger partial charge in [-0.05, 0) is 74.3 Å². The third-order valence-corrected chi connectivity index (χ3v) is 6.19. The maximum Gasteiger partial charge on any atom is 0.231 e. The van der Waals surface area contributed by atoms with Gasteiger partial charge in [0.05, 0.1) is 6.26 Å². The Morgan fingerprint density at radius 2 is 1.77 bits per heavy atom. The molecule has 8 heteroatoms. The van der Waals surface area contributed by atoms with E-state index in [0.717, 1.165) is 56.7 Å². The molecule has 2 heterocycles. The molecule has 0 atom stereocenters. The molecule has 0 bridgehead atoms. The van der Waals surface area contributed by atoms with Crippen molar-refractivity contribution in [1.82, 2.24) is 4.90 Å². The molecule has 0 spiro atoms. The molecule has 0 amide bonds. The van der Waals surface area contributed by atoms with Gasteiger partial charge < -0.3 is 14.4 Å². The molecule has 2 aliphatic rings. The maximum absolute atomic E-state index is 12.8. The first kappa shape index (κ1) is 20.7. The van der Waals surface area contributed by atoms with Crippen molar-refractivity contribution in [3.05, 3.63) is 53.6 Å². The minimum Gasteiger partial charge on any atom is -0.454 e. The summed E-state index contributed by atoms with van der Waals surface area (Å²) in [5.74, 6) is 1.77. The number of anilines is 1. The normalized spacial score (nSPS) is 17.1. The summed E-state index contributed by atoms with van der Waals surface area (Å²) in [4.78, 5) is 15.2. The lowest BCUT2D eigenvalue weighted by molar-refractivity contribution is 0.0841. The van der Waals surface area contributed by atoms with Crippen molar-refractivity contribution in [2.45, 2.75) is 19.3 Å². The van der Waals surface area contributed by atoms with Crippen LogP contribution in [0.1, 0.15) is 28.8 Å². The molecule has 0 aliphatic carbocycles. The smallest absolute Gasteiger partial charge is 0.231 e. The molecule has 160 valence electrons. The van der Waals surface area contributed by atoms with E-state index in [1.165, 1.54) is 5.56 Å². The summed E-state index contributed by atoms with van der Waals surface area (Å²) in [6.45, 7) is 3.03. The van der Waals surface area contributed by atoms with E-state index in [-0.39, 0.29) is 18.5 Å². The van der Waals surface area contributed by atoms with Crippen LogP contribution >= 0.6 is 0 Å². The first-order valence-electron chi connectivity index (χ1n) is 10.1. The highest BCUT2D eigenvalue weighted by molar-refractivity contribution is 7.92. The number of Topliss-reactive ketones (excluding diaryl/α,β-unsaturated/α-hetero) is 1. The fourth-order valence-corrected chi connectivity index (χ4v) is 4.52. The molecule has 1 N–H and O–H groups in total. The molecule has 30 heavy (non-hydrogen) atoms. The topological polar surface area (TPSA) is 84.9 Å². The van der Waals surface area contributed by atoms with Gasteiger partial charge in [-0.3, -0.25) is 9.52 Å². The van der Waals surface area contributed by atoms with E-state index in [2.05, 4.69) is 15.7 Å².